The van der Waals surface area contributed by atoms with Gasteiger partial charge in [0.15, 0.2) is 0 Å². The summed E-state index contributed by atoms with van der Waals surface area (Å²) in [4.78, 5) is 24.1. The molecule has 6 heteroatoms. The molecule has 0 aromatic heterocycles. The molecular formula is C12H21NO5. The zero-order chi connectivity index (χ0) is 13.5. The van der Waals surface area contributed by atoms with E-state index >= 15 is 0 Å². The lowest BCUT2D eigenvalue weighted by Crippen LogP contribution is -2.46. The van der Waals surface area contributed by atoms with E-state index in [4.69, 9.17) is 14.9 Å². The van der Waals surface area contributed by atoms with E-state index in [1.807, 2.05) is 11.8 Å². The molecule has 0 aromatic carbocycles. The van der Waals surface area contributed by atoms with E-state index in [2.05, 4.69) is 0 Å². The van der Waals surface area contributed by atoms with Crippen LogP contribution in [0.3, 0.4) is 0 Å². The highest BCUT2D eigenvalue weighted by molar-refractivity contribution is 5.80. The molecule has 1 fully saturated rings. The van der Waals surface area contributed by atoms with Gasteiger partial charge in [0, 0.05) is 26.3 Å². The van der Waals surface area contributed by atoms with Gasteiger partial charge in [0.1, 0.15) is 0 Å². The second-order valence-electron chi connectivity index (χ2n) is 4.53. The van der Waals surface area contributed by atoms with Crippen LogP contribution >= 0.6 is 0 Å². The molecule has 1 rings (SSSR count). The van der Waals surface area contributed by atoms with E-state index in [0.717, 1.165) is 13.0 Å². The topological polar surface area (TPSA) is 87.1 Å². The third kappa shape index (κ3) is 4.27. The standard InChI is InChI=1S/C12H21NO5/c1-2-18-7-3-5-13-6-4-9(11(14)15)10(8-13)12(16)17/h9-10H,2-8H2,1H3,(H,14,15)(H,16,17). The zero-order valence-electron chi connectivity index (χ0n) is 10.7. The Bertz CT molecular complexity index is 294. The lowest BCUT2D eigenvalue weighted by molar-refractivity contribution is -0.157. The third-order valence-electron chi connectivity index (χ3n) is 3.30. The summed E-state index contributed by atoms with van der Waals surface area (Å²) in [5, 5.41) is 18.1. The molecule has 0 amide bonds. The van der Waals surface area contributed by atoms with Crippen molar-refractivity contribution in [2.24, 2.45) is 11.8 Å². The fraction of sp³-hybridized carbons (Fsp3) is 0.833. The van der Waals surface area contributed by atoms with Crippen LogP contribution in [0.15, 0.2) is 0 Å². The van der Waals surface area contributed by atoms with Crippen LogP contribution in [0.2, 0.25) is 0 Å². The third-order valence-corrected chi connectivity index (χ3v) is 3.30. The number of piperidine rings is 1. The van der Waals surface area contributed by atoms with E-state index in [1.54, 1.807) is 0 Å². The van der Waals surface area contributed by atoms with Crippen LogP contribution in [-0.4, -0.2) is 59.9 Å². The fourth-order valence-electron chi connectivity index (χ4n) is 2.30. The van der Waals surface area contributed by atoms with Gasteiger partial charge in [-0.1, -0.05) is 0 Å². The van der Waals surface area contributed by atoms with Crippen LogP contribution in [0.4, 0.5) is 0 Å². The Kier molecular flexibility index (Phi) is 6.07. The quantitative estimate of drug-likeness (QED) is 0.648. The van der Waals surface area contributed by atoms with Gasteiger partial charge in [-0.25, -0.2) is 0 Å². The van der Waals surface area contributed by atoms with Crippen molar-refractivity contribution >= 4 is 11.9 Å². The molecule has 2 N–H and O–H groups in total. The number of carboxylic acids is 2. The Morgan fingerprint density at radius 1 is 1.28 bits per heavy atom. The van der Waals surface area contributed by atoms with Crippen molar-refractivity contribution in [1.82, 2.24) is 4.90 Å². The molecule has 0 aromatic rings. The largest absolute Gasteiger partial charge is 0.481 e. The minimum Gasteiger partial charge on any atom is -0.481 e. The summed E-state index contributed by atoms with van der Waals surface area (Å²) < 4.78 is 5.22. The number of aliphatic carboxylic acids is 2. The summed E-state index contributed by atoms with van der Waals surface area (Å²) in [5.74, 6) is -3.58. The van der Waals surface area contributed by atoms with Crippen LogP contribution in [0.5, 0.6) is 0 Å². The maximum atomic E-state index is 11.1. The lowest BCUT2D eigenvalue weighted by Gasteiger charge is -2.34. The average Bonchev–Trinajstić information content (AvgIpc) is 2.34. The molecule has 0 aliphatic carbocycles. The van der Waals surface area contributed by atoms with Crippen molar-refractivity contribution in [1.29, 1.82) is 0 Å². The predicted molar refractivity (Wildman–Crippen MR) is 64.4 cm³/mol. The Balaban J connectivity index is 2.42. The number of likely N-dealkylation sites (tertiary alicyclic amines) is 1. The molecule has 0 spiro atoms. The van der Waals surface area contributed by atoms with E-state index < -0.39 is 23.8 Å². The first-order valence-electron chi connectivity index (χ1n) is 6.32. The number of nitrogens with zero attached hydrogens (tertiary/aromatic N) is 1. The van der Waals surface area contributed by atoms with Crippen molar-refractivity contribution in [2.75, 3.05) is 32.8 Å². The normalized spacial score (nSPS) is 24.9. The van der Waals surface area contributed by atoms with E-state index in [-0.39, 0.29) is 0 Å². The summed E-state index contributed by atoms with van der Waals surface area (Å²) in [6.07, 6.45) is 1.25. The molecule has 2 unspecified atom stereocenters. The first-order valence-corrected chi connectivity index (χ1v) is 6.32. The molecule has 104 valence electrons. The van der Waals surface area contributed by atoms with Crippen molar-refractivity contribution in [3.8, 4) is 0 Å². The summed E-state index contributed by atoms with van der Waals surface area (Å²) in [5.41, 5.74) is 0. The molecule has 0 radical (unpaired) electrons. The molecule has 1 heterocycles. The number of carboxylic acid groups (broad SMARTS) is 2. The van der Waals surface area contributed by atoms with Gasteiger partial charge in [-0.3, -0.25) is 9.59 Å². The maximum Gasteiger partial charge on any atom is 0.308 e. The fourth-order valence-corrected chi connectivity index (χ4v) is 2.30. The SMILES string of the molecule is CCOCCCN1CCC(C(=O)O)C(C(=O)O)C1. The molecule has 18 heavy (non-hydrogen) atoms. The molecular weight excluding hydrogens is 238 g/mol. The van der Waals surface area contributed by atoms with Crippen LogP contribution in [0.1, 0.15) is 19.8 Å². The minimum atomic E-state index is -1.02. The number of carbonyl (C=O) groups is 2. The number of rotatable bonds is 7. The van der Waals surface area contributed by atoms with Crippen LogP contribution in [0, 0.1) is 11.8 Å². The Morgan fingerprint density at radius 2 is 1.94 bits per heavy atom. The second kappa shape index (κ2) is 7.33. The molecule has 6 nitrogen and oxygen atoms in total. The number of hydrogen-bond acceptors (Lipinski definition) is 4. The van der Waals surface area contributed by atoms with Crippen LogP contribution in [0.25, 0.3) is 0 Å². The van der Waals surface area contributed by atoms with Gasteiger partial charge in [0.2, 0.25) is 0 Å². The highest BCUT2D eigenvalue weighted by Crippen LogP contribution is 2.24. The first-order chi connectivity index (χ1) is 8.56. The summed E-state index contributed by atoms with van der Waals surface area (Å²) in [6.45, 7) is 4.99. The van der Waals surface area contributed by atoms with E-state index in [1.165, 1.54) is 0 Å². The summed E-state index contributed by atoms with van der Waals surface area (Å²) >= 11 is 0. The number of hydrogen-bond donors (Lipinski definition) is 2. The molecule has 2 atom stereocenters. The first kappa shape index (κ1) is 14.9. The van der Waals surface area contributed by atoms with Crippen LogP contribution in [-0.2, 0) is 14.3 Å². The zero-order valence-corrected chi connectivity index (χ0v) is 10.7. The summed E-state index contributed by atoms with van der Waals surface area (Å²) in [7, 11) is 0. The minimum absolute atomic E-state index is 0.318. The van der Waals surface area contributed by atoms with Crippen molar-refractivity contribution in [3.63, 3.8) is 0 Å². The Labute approximate surface area is 107 Å². The maximum absolute atomic E-state index is 11.1. The Hall–Kier alpha value is -1.14. The van der Waals surface area contributed by atoms with Crippen molar-refractivity contribution < 1.29 is 24.5 Å². The van der Waals surface area contributed by atoms with Crippen molar-refractivity contribution in [3.05, 3.63) is 0 Å². The second-order valence-corrected chi connectivity index (χ2v) is 4.53. The molecule has 1 saturated heterocycles. The monoisotopic (exact) mass is 259 g/mol. The average molecular weight is 259 g/mol. The molecule has 0 saturated carbocycles. The Morgan fingerprint density at radius 3 is 2.50 bits per heavy atom. The van der Waals surface area contributed by atoms with Crippen LogP contribution < -0.4 is 0 Å². The smallest absolute Gasteiger partial charge is 0.308 e. The summed E-state index contributed by atoms with van der Waals surface area (Å²) in [6, 6.07) is 0. The van der Waals surface area contributed by atoms with Gasteiger partial charge < -0.3 is 19.8 Å². The van der Waals surface area contributed by atoms with Gasteiger partial charge in [-0.2, -0.15) is 0 Å². The van der Waals surface area contributed by atoms with Crippen molar-refractivity contribution in [2.45, 2.75) is 19.8 Å². The molecule has 0 bridgehead atoms. The molecule has 1 aliphatic rings. The highest BCUT2D eigenvalue weighted by atomic mass is 16.5. The van der Waals surface area contributed by atoms with Gasteiger partial charge in [0.25, 0.3) is 0 Å². The van der Waals surface area contributed by atoms with Gasteiger partial charge in [0.05, 0.1) is 11.8 Å². The number of ether oxygens (including phenoxy) is 1. The highest BCUT2D eigenvalue weighted by Gasteiger charge is 2.38. The van der Waals surface area contributed by atoms with Gasteiger partial charge in [-0.05, 0) is 26.3 Å². The van der Waals surface area contributed by atoms with Gasteiger partial charge >= 0.3 is 11.9 Å². The molecule has 1 aliphatic heterocycles. The van der Waals surface area contributed by atoms with Gasteiger partial charge in [-0.15, -0.1) is 0 Å². The predicted octanol–water partition coefficient (Wildman–Crippen LogP) is 0.520. The lowest BCUT2D eigenvalue weighted by atomic mass is 9.85. The van der Waals surface area contributed by atoms with E-state index in [9.17, 15) is 9.59 Å². The van der Waals surface area contributed by atoms with E-state index in [0.29, 0.717) is 32.7 Å².